The van der Waals surface area contributed by atoms with E-state index in [1.165, 1.54) is 20.8 Å². The number of carbonyl (C=O) groups excluding carboxylic acids is 1. The number of aliphatic carboxylic acids is 2. The molecule has 1 atom stereocenters. The van der Waals surface area contributed by atoms with E-state index in [0.717, 1.165) is 11.0 Å². The van der Waals surface area contributed by atoms with Gasteiger partial charge in [-0.25, -0.2) is 4.98 Å². The van der Waals surface area contributed by atoms with Crippen LogP contribution in [0.5, 0.6) is 0 Å². The lowest BCUT2D eigenvalue weighted by molar-refractivity contribution is -0.307. The molecular weight excluding hydrogens is 404 g/mol. The maximum atomic E-state index is 9.88. The number of aromatic nitrogens is 1. The molecule has 0 fully saturated rings. The first-order chi connectivity index (χ1) is 14.1. The summed E-state index contributed by atoms with van der Waals surface area (Å²) in [6, 6.07) is 11.7. The SMILES string of the molecule is CN(C)c1ccc2nc3ccc(N(C)C)cc3[s+]c2c1.N[C@@H](CCC(=O)O)C(=O)[O-]. The first kappa shape index (κ1) is 23.2. The molecule has 0 saturated carbocycles. The van der Waals surface area contributed by atoms with Crippen molar-refractivity contribution in [3.05, 3.63) is 36.4 Å². The Balaban J connectivity index is 0.000000274. The van der Waals surface area contributed by atoms with Gasteiger partial charge in [-0.2, -0.15) is 0 Å². The van der Waals surface area contributed by atoms with Crippen LogP contribution in [-0.2, 0) is 9.59 Å². The van der Waals surface area contributed by atoms with Gasteiger partial charge < -0.3 is 30.5 Å². The summed E-state index contributed by atoms with van der Waals surface area (Å²) >= 11 is 1.80. The number of hydrogen-bond donors (Lipinski definition) is 2. The lowest BCUT2D eigenvalue weighted by atomic mass is 10.2. The number of hydrogen-bond acceptors (Lipinski definition) is 7. The molecule has 3 aromatic rings. The Hall–Kier alpha value is -3.04. The van der Waals surface area contributed by atoms with Crippen molar-refractivity contribution in [2.75, 3.05) is 38.0 Å². The van der Waals surface area contributed by atoms with Gasteiger partial charge in [-0.05, 0) is 30.7 Å². The monoisotopic (exact) mass is 430 g/mol. The molecule has 1 heterocycles. The van der Waals surface area contributed by atoms with Crippen LogP contribution in [0.2, 0.25) is 0 Å². The van der Waals surface area contributed by atoms with E-state index in [4.69, 9.17) is 15.8 Å². The maximum absolute atomic E-state index is 9.88. The number of nitrogens with two attached hydrogens (primary N) is 1. The number of anilines is 2. The predicted molar refractivity (Wildman–Crippen MR) is 120 cm³/mol. The van der Waals surface area contributed by atoms with Gasteiger partial charge in [0.1, 0.15) is 11.0 Å². The molecule has 0 bridgehead atoms. The molecular formula is C21H26N4O4S. The highest BCUT2D eigenvalue weighted by Crippen LogP contribution is 2.30. The fraction of sp³-hybridized carbons (Fsp3) is 0.333. The van der Waals surface area contributed by atoms with Crippen LogP contribution < -0.4 is 20.6 Å². The van der Waals surface area contributed by atoms with Gasteiger partial charge in [-0.1, -0.05) is 0 Å². The van der Waals surface area contributed by atoms with Crippen molar-refractivity contribution < 1.29 is 19.8 Å². The molecule has 1 aromatic heterocycles. The Kier molecular flexibility index (Phi) is 7.85. The molecule has 0 radical (unpaired) electrons. The van der Waals surface area contributed by atoms with E-state index in [0.29, 0.717) is 0 Å². The van der Waals surface area contributed by atoms with Gasteiger partial charge in [0.2, 0.25) is 11.3 Å². The van der Waals surface area contributed by atoms with Crippen LogP contribution in [0.25, 0.3) is 20.4 Å². The average molecular weight is 431 g/mol. The molecule has 3 rings (SSSR count). The van der Waals surface area contributed by atoms with Crippen molar-refractivity contribution in [3.63, 3.8) is 0 Å². The number of benzene rings is 2. The van der Waals surface area contributed by atoms with E-state index in [2.05, 4.69) is 74.4 Å². The van der Waals surface area contributed by atoms with Crippen molar-refractivity contribution in [1.82, 2.24) is 4.98 Å². The minimum atomic E-state index is -1.42. The predicted octanol–water partition coefficient (Wildman–Crippen LogP) is 1.79. The second-order valence-corrected chi connectivity index (χ2v) is 8.25. The molecule has 0 amide bonds. The Morgan fingerprint density at radius 1 is 1.03 bits per heavy atom. The molecule has 0 unspecified atom stereocenters. The highest BCUT2D eigenvalue weighted by atomic mass is 32.1. The number of fused-ring (bicyclic) bond motifs is 2. The standard InChI is InChI=1S/C16H18N3S.C5H9NO4/c1-18(2)11-5-7-13-15(9-11)20-16-10-12(19(3)4)6-8-14(16)17-13;6-3(5(9)10)1-2-4(7)8/h5-10H,1-4H3;3H,1-2,6H2,(H,7,8)(H,9,10)/q+1;/p-1/t;3-/m.0/s1. The lowest BCUT2D eigenvalue weighted by Gasteiger charge is -2.11. The van der Waals surface area contributed by atoms with Gasteiger partial charge in [-0.3, -0.25) is 4.79 Å². The third-order valence-electron chi connectivity index (χ3n) is 4.35. The van der Waals surface area contributed by atoms with E-state index in [1.54, 1.807) is 11.3 Å². The minimum absolute atomic E-state index is 0.0856. The quantitative estimate of drug-likeness (QED) is 0.448. The van der Waals surface area contributed by atoms with Crippen molar-refractivity contribution in [2.24, 2.45) is 5.73 Å². The maximum Gasteiger partial charge on any atom is 0.303 e. The summed E-state index contributed by atoms with van der Waals surface area (Å²) in [4.78, 5) is 28.7. The summed E-state index contributed by atoms with van der Waals surface area (Å²) in [7, 11) is 8.24. The third kappa shape index (κ3) is 6.23. The first-order valence-electron chi connectivity index (χ1n) is 9.29. The molecule has 0 aliphatic heterocycles. The summed E-state index contributed by atoms with van der Waals surface area (Å²) in [5.41, 5.74) is 9.48. The first-order valence-corrected chi connectivity index (χ1v) is 10.1. The number of carboxylic acid groups (broad SMARTS) is 2. The molecule has 0 aliphatic rings. The smallest absolute Gasteiger partial charge is 0.303 e. The van der Waals surface area contributed by atoms with Crippen LogP contribution in [0.15, 0.2) is 36.4 Å². The second-order valence-electron chi connectivity index (χ2n) is 7.16. The molecule has 0 saturated heterocycles. The Morgan fingerprint density at radius 3 is 1.87 bits per heavy atom. The largest absolute Gasteiger partial charge is 0.548 e. The van der Waals surface area contributed by atoms with Crippen LogP contribution >= 0.6 is 11.3 Å². The van der Waals surface area contributed by atoms with Gasteiger partial charge in [0.15, 0.2) is 0 Å². The molecule has 8 nitrogen and oxygen atoms in total. The zero-order chi connectivity index (χ0) is 22.4. The highest BCUT2D eigenvalue weighted by Gasteiger charge is 2.14. The Morgan fingerprint density at radius 2 is 1.50 bits per heavy atom. The minimum Gasteiger partial charge on any atom is -0.548 e. The van der Waals surface area contributed by atoms with Crippen molar-refractivity contribution in [1.29, 1.82) is 0 Å². The van der Waals surface area contributed by atoms with Crippen molar-refractivity contribution in [2.45, 2.75) is 18.9 Å². The summed E-state index contributed by atoms with van der Waals surface area (Å²) in [6.45, 7) is 0. The van der Waals surface area contributed by atoms with E-state index in [-0.39, 0.29) is 12.8 Å². The number of nitrogens with zero attached hydrogens (tertiary/aromatic N) is 3. The van der Waals surface area contributed by atoms with Crippen molar-refractivity contribution >= 4 is 55.1 Å². The Labute approximate surface area is 179 Å². The lowest BCUT2D eigenvalue weighted by Crippen LogP contribution is -2.41. The summed E-state index contributed by atoms with van der Waals surface area (Å²) in [5.74, 6) is -2.47. The second kappa shape index (κ2) is 10.1. The highest BCUT2D eigenvalue weighted by molar-refractivity contribution is 7.24. The van der Waals surface area contributed by atoms with Crippen LogP contribution in [0, 0.1) is 0 Å². The van der Waals surface area contributed by atoms with E-state index < -0.39 is 18.0 Å². The number of rotatable bonds is 6. The normalized spacial score (nSPS) is 11.5. The van der Waals surface area contributed by atoms with Crippen LogP contribution in [0.1, 0.15) is 12.8 Å². The van der Waals surface area contributed by atoms with Gasteiger partial charge in [0.25, 0.3) is 9.40 Å². The third-order valence-corrected chi connectivity index (χ3v) is 5.45. The number of carbonyl (C=O) groups is 2. The molecule has 0 spiro atoms. The van der Waals surface area contributed by atoms with Crippen molar-refractivity contribution in [3.8, 4) is 0 Å². The molecule has 2 aromatic carbocycles. The molecule has 3 N–H and O–H groups in total. The zero-order valence-electron chi connectivity index (χ0n) is 17.5. The molecule has 160 valence electrons. The molecule has 9 heteroatoms. The number of carboxylic acids is 2. The van der Waals surface area contributed by atoms with Crippen LogP contribution in [0.4, 0.5) is 11.4 Å². The summed E-state index contributed by atoms with van der Waals surface area (Å²) in [5, 5.41) is 18.0. The van der Waals surface area contributed by atoms with Gasteiger partial charge >= 0.3 is 5.97 Å². The van der Waals surface area contributed by atoms with Gasteiger partial charge in [-0.15, -0.1) is 0 Å². The van der Waals surface area contributed by atoms with Gasteiger partial charge in [0, 0.05) is 64.2 Å². The molecule has 30 heavy (non-hydrogen) atoms. The van der Waals surface area contributed by atoms with Gasteiger partial charge in [0.05, 0.1) is 5.97 Å². The summed E-state index contributed by atoms with van der Waals surface area (Å²) in [6.07, 6.45) is -0.327. The van der Waals surface area contributed by atoms with E-state index in [1.807, 2.05) is 0 Å². The molecule has 0 aliphatic carbocycles. The Bertz CT molecular complexity index is 993. The fourth-order valence-corrected chi connectivity index (χ4v) is 3.59. The summed E-state index contributed by atoms with van der Waals surface area (Å²) < 4.78 is 2.44. The van der Waals surface area contributed by atoms with E-state index in [9.17, 15) is 14.7 Å². The van der Waals surface area contributed by atoms with Crippen LogP contribution in [0.3, 0.4) is 0 Å². The van der Waals surface area contributed by atoms with E-state index >= 15 is 0 Å². The fourth-order valence-electron chi connectivity index (χ4n) is 2.56. The zero-order valence-corrected chi connectivity index (χ0v) is 18.3. The average Bonchev–Trinajstić information content (AvgIpc) is 2.69. The topological polar surface area (TPSA) is 123 Å². The van der Waals surface area contributed by atoms with Crippen LogP contribution in [-0.4, -0.2) is 56.3 Å².